The predicted molar refractivity (Wildman–Crippen MR) is 140 cm³/mol. The molecule has 1 aliphatic carbocycles. The summed E-state index contributed by atoms with van der Waals surface area (Å²) in [5.41, 5.74) is 7.12. The topological polar surface area (TPSA) is 127 Å². The van der Waals surface area contributed by atoms with Gasteiger partial charge in [-0.3, -0.25) is 19.4 Å². The summed E-state index contributed by atoms with van der Waals surface area (Å²) in [6.07, 6.45) is 14.1. The first-order valence-corrected chi connectivity index (χ1v) is 13.0. The van der Waals surface area contributed by atoms with Crippen molar-refractivity contribution >= 4 is 23.4 Å². The smallest absolute Gasteiger partial charge is 0.252 e. The van der Waals surface area contributed by atoms with Gasteiger partial charge in [0, 0.05) is 57.0 Å². The van der Waals surface area contributed by atoms with Gasteiger partial charge in [0.05, 0.1) is 29.1 Å². The van der Waals surface area contributed by atoms with E-state index >= 15 is 0 Å². The Morgan fingerprint density at radius 3 is 2.89 bits per heavy atom. The number of hydrogen-bond donors (Lipinski definition) is 5. The highest BCUT2D eigenvalue weighted by atomic mass is 16.1. The Morgan fingerprint density at radius 1 is 1.24 bits per heavy atom. The normalized spacial score (nSPS) is 23.8. The Morgan fingerprint density at radius 2 is 2.11 bits per heavy atom. The minimum absolute atomic E-state index is 0.0273. The second kappa shape index (κ2) is 9.34. The maximum Gasteiger partial charge on any atom is 0.252 e. The van der Waals surface area contributed by atoms with Crippen molar-refractivity contribution in [3.63, 3.8) is 0 Å². The van der Waals surface area contributed by atoms with Crippen molar-refractivity contribution in [3.8, 4) is 0 Å². The standard InChI is InChI=1S/C25H35N11O/c1-16-20(11-17(12-27-16)23(37)26-8-10-36-9-4-5-25(36)6-7-25)31-21-19-14-28-24(32-22(19)35(3)33-21)30-18-13-29-34(2)15-18/h11-16,21,27,31,33H,4-10H2,1-3H3,(H,26,37)(H,28,30,32). The number of carbonyl (C=O) groups excluding carboxylic acids is 1. The van der Waals surface area contributed by atoms with Crippen LogP contribution in [-0.4, -0.2) is 68.8 Å². The summed E-state index contributed by atoms with van der Waals surface area (Å²) >= 11 is 0. The molecule has 3 aliphatic heterocycles. The number of aryl methyl sites for hydroxylation is 1. The third-order valence-corrected chi connectivity index (χ3v) is 7.78. The number of nitrogens with one attached hydrogen (secondary N) is 5. The van der Waals surface area contributed by atoms with Crippen LogP contribution in [0.2, 0.25) is 0 Å². The molecule has 2 fully saturated rings. The number of aromatic nitrogens is 4. The Labute approximate surface area is 216 Å². The van der Waals surface area contributed by atoms with Crippen molar-refractivity contribution in [2.75, 3.05) is 37.0 Å². The number of fused-ring (bicyclic) bond motifs is 1. The second-order valence-electron chi connectivity index (χ2n) is 10.4. The Hall–Kier alpha value is -3.64. The summed E-state index contributed by atoms with van der Waals surface area (Å²) in [7, 11) is 3.78. The molecule has 12 nitrogen and oxygen atoms in total. The van der Waals surface area contributed by atoms with E-state index in [4.69, 9.17) is 0 Å². The molecule has 2 aromatic rings. The fraction of sp³-hybridized carbons (Fsp3) is 0.520. The molecule has 5 heterocycles. The Bertz CT molecular complexity index is 1250. The van der Waals surface area contributed by atoms with Gasteiger partial charge in [0.1, 0.15) is 6.17 Å². The van der Waals surface area contributed by atoms with Crippen LogP contribution in [0.4, 0.5) is 17.5 Å². The second-order valence-corrected chi connectivity index (χ2v) is 10.4. The molecule has 1 saturated carbocycles. The lowest BCUT2D eigenvalue weighted by Gasteiger charge is -2.27. The van der Waals surface area contributed by atoms with Gasteiger partial charge in [0.2, 0.25) is 5.95 Å². The molecule has 196 valence electrons. The van der Waals surface area contributed by atoms with Gasteiger partial charge < -0.3 is 21.3 Å². The van der Waals surface area contributed by atoms with Crippen molar-refractivity contribution in [2.45, 2.75) is 50.4 Å². The van der Waals surface area contributed by atoms with Crippen molar-refractivity contribution in [1.29, 1.82) is 0 Å². The van der Waals surface area contributed by atoms with Crippen LogP contribution in [0, 0.1) is 0 Å². The van der Waals surface area contributed by atoms with Crippen LogP contribution in [0.25, 0.3) is 0 Å². The molecule has 6 rings (SSSR count). The fourth-order valence-electron chi connectivity index (χ4n) is 5.53. The lowest BCUT2D eigenvalue weighted by molar-refractivity contribution is -0.117. The maximum atomic E-state index is 12.9. The highest BCUT2D eigenvalue weighted by Crippen LogP contribution is 2.49. The van der Waals surface area contributed by atoms with Crippen LogP contribution < -0.4 is 31.7 Å². The summed E-state index contributed by atoms with van der Waals surface area (Å²) in [5.74, 6) is 1.21. The quantitative estimate of drug-likeness (QED) is 0.355. The number of amides is 1. The number of rotatable bonds is 8. The van der Waals surface area contributed by atoms with E-state index in [0.29, 0.717) is 23.6 Å². The summed E-state index contributed by atoms with van der Waals surface area (Å²) in [4.78, 5) is 24.6. The molecule has 0 radical (unpaired) electrons. The van der Waals surface area contributed by atoms with Crippen molar-refractivity contribution in [2.24, 2.45) is 7.05 Å². The first-order valence-electron chi connectivity index (χ1n) is 13.0. The first kappa shape index (κ1) is 23.7. The molecule has 2 unspecified atom stereocenters. The Balaban J connectivity index is 1.09. The molecule has 2 aromatic heterocycles. The van der Waals surface area contributed by atoms with Gasteiger partial charge >= 0.3 is 0 Å². The average molecular weight is 506 g/mol. The number of nitrogens with zero attached hydrogens (tertiary/aromatic N) is 6. The van der Waals surface area contributed by atoms with Crippen LogP contribution >= 0.6 is 0 Å². The van der Waals surface area contributed by atoms with Gasteiger partial charge in [-0.1, -0.05) is 0 Å². The SMILES string of the molecule is CC1NC=C(C(=O)NCCN2CCCC23CC3)C=C1NC1NN(C)c2nc(Nc3cnn(C)c3)ncc21. The highest BCUT2D eigenvalue weighted by molar-refractivity contribution is 5.96. The molecule has 4 aliphatic rings. The number of hydrazine groups is 1. The van der Waals surface area contributed by atoms with E-state index in [9.17, 15) is 4.79 Å². The molecule has 5 N–H and O–H groups in total. The van der Waals surface area contributed by atoms with E-state index in [1.54, 1.807) is 17.1 Å². The molecule has 1 spiro atoms. The van der Waals surface area contributed by atoms with E-state index in [2.05, 4.69) is 53.6 Å². The van der Waals surface area contributed by atoms with Gasteiger partial charge in [-0.25, -0.2) is 10.4 Å². The fourth-order valence-corrected chi connectivity index (χ4v) is 5.53. The van der Waals surface area contributed by atoms with Gasteiger partial charge in [-0.05, 0) is 45.2 Å². The van der Waals surface area contributed by atoms with Crippen LogP contribution in [-0.2, 0) is 11.8 Å². The number of carbonyl (C=O) groups is 1. The van der Waals surface area contributed by atoms with E-state index in [-0.39, 0.29) is 18.1 Å². The molecular formula is C25H35N11O. The molecule has 12 heteroatoms. The third kappa shape index (κ3) is 4.74. The molecule has 0 aromatic carbocycles. The van der Waals surface area contributed by atoms with Gasteiger partial charge in [-0.15, -0.1) is 0 Å². The van der Waals surface area contributed by atoms with Gasteiger partial charge in [-0.2, -0.15) is 10.1 Å². The van der Waals surface area contributed by atoms with E-state index < -0.39 is 0 Å². The molecular weight excluding hydrogens is 470 g/mol. The summed E-state index contributed by atoms with van der Waals surface area (Å²) < 4.78 is 1.72. The number of hydrogen-bond acceptors (Lipinski definition) is 10. The van der Waals surface area contributed by atoms with E-state index in [1.165, 1.54) is 25.7 Å². The zero-order chi connectivity index (χ0) is 25.6. The molecule has 1 amide bonds. The summed E-state index contributed by atoms with van der Waals surface area (Å²) in [6.45, 7) is 4.80. The maximum absolute atomic E-state index is 12.9. The Kier molecular flexibility index (Phi) is 6.00. The van der Waals surface area contributed by atoms with E-state index in [1.807, 2.05) is 37.6 Å². The minimum Gasteiger partial charge on any atom is -0.382 e. The molecule has 0 bridgehead atoms. The average Bonchev–Trinajstić information content (AvgIpc) is 3.22. The van der Waals surface area contributed by atoms with Crippen LogP contribution in [0.1, 0.15) is 44.3 Å². The summed E-state index contributed by atoms with van der Waals surface area (Å²) in [6, 6.07) is 0.0273. The predicted octanol–water partition coefficient (Wildman–Crippen LogP) is 1.00. The number of dihydropyridines is 1. The molecule has 2 atom stereocenters. The van der Waals surface area contributed by atoms with Crippen LogP contribution in [0.15, 0.2) is 42.1 Å². The largest absolute Gasteiger partial charge is 0.382 e. The van der Waals surface area contributed by atoms with Crippen molar-refractivity contribution in [1.82, 2.24) is 46.0 Å². The monoisotopic (exact) mass is 505 g/mol. The van der Waals surface area contributed by atoms with Gasteiger partial charge in [0.15, 0.2) is 5.82 Å². The number of likely N-dealkylation sites (tertiary alicyclic amines) is 1. The summed E-state index contributed by atoms with van der Waals surface area (Å²) in [5, 5.41) is 19.2. The number of anilines is 3. The molecule has 1 saturated heterocycles. The lowest BCUT2D eigenvalue weighted by atomic mass is 10.1. The van der Waals surface area contributed by atoms with Crippen LogP contribution in [0.3, 0.4) is 0 Å². The van der Waals surface area contributed by atoms with Crippen molar-refractivity contribution in [3.05, 3.63) is 47.7 Å². The van der Waals surface area contributed by atoms with Crippen LogP contribution in [0.5, 0.6) is 0 Å². The van der Waals surface area contributed by atoms with Gasteiger partial charge in [0.25, 0.3) is 5.91 Å². The zero-order valence-corrected chi connectivity index (χ0v) is 21.6. The third-order valence-electron chi connectivity index (χ3n) is 7.78. The highest BCUT2D eigenvalue weighted by Gasteiger charge is 2.50. The molecule has 37 heavy (non-hydrogen) atoms. The van der Waals surface area contributed by atoms with Crippen molar-refractivity contribution < 1.29 is 4.79 Å². The minimum atomic E-state index is -0.227. The first-order chi connectivity index (χ1) is 17.9. The zero-order valence-electron chi connectivity index (χ0n) is 21.6. The lowest BCUT2D eigenvalue weighted by Crippen LogP contribution is -2.43. The van der Waals surface area contributed by atoms with E-state index in [0.717, 1.165) is 35.9 Å².